The molecule has 0 unspecified atom stereocenters. The molecule has 11 heavy (non-hydrogen) atoms. The lowest BCUT2D eigenvalue weighted by Crippen LogP contribution is -2.25. The van der Waals surface area contributed by atoms with Crippen molar-refractivity contribution in [3.8, 4) is 0 Å². The lowest BCUT2D eigenvalue weighted by molar-refractivity contribution is -0.657. The first-order valence-electron chi connectivity index (χ1n) is 3.64. The van der Waals surface area contributed by atoms with Crippen LogP contribution < -0.4 is 4.57 Å². The summed E-state index contributed by atoms with van der Waals surface area (Å²) in [4.78, 5) is 0. The summed E-state index contributed by atoms with van der Waals surface area (Å²) in [5.74, 6) is 0.867. The van der Waals surface area contributed by atoms with E-state index in [-0.39, 0.29) is 0 Å². The molecule has 1 aromatic rings. The van der Waals surface area contributed by atoms with E-state index in [0.717, 1.165) is 12.5 Å². The molecule has 0 aliphatic carbocycles. The first-order valence-corrected chi connectivity index (χ1v) is 3.64. The average molecular weight is 153 g/mol. The smallest absolute Gasteiger partial charge is 0.233 e. The maximum atomic E-state index is 4.03. The Kier molecular flexibility index (Phi) is 2.36. The summed E-state index contributed by atoms with van der Waals surface area (Å²) in [6.45, 7) is 2.69. The molecule has 0 aromatic carbocycles. The van der Waals surface area contributed by atoms with Crippen LogP contribution in [0.15, 0.2) is 22.6 Å². The van der Waals surface area contributed by atoms with Gasteiger partial charge in [0.05, 0.1) is 33.0 Å². The normalized spacial score (nSPS) is 11.2. The van der Waals surface area contributed by atoms with Crippen molar-refractivity contribution in [2.45, 2.75) is 6.92 Å². The van der Waals surface area contributed by atoms with E-state index >= 15 is 0 Å². The summed E-state index contributed by atoms with van der Waals surface area (Å²) in [5.41, 5.74) is 0. The van der Waals surface area contributed by atoms with Gasteiger partial charge in [-0.1, -0.05) is 0 Å². The summed E-state index contributed by atoms with van der Waals surface area (Å²) < 4.78 is 3.86. The molecule has 1 aromatic heterocycles. The van der Waals surface area contributed by atoms with Crippen molar-refractivity contribution in [2.75, 3.05) is 6.54 Å². The molecule has 4 nitrogen and oxygen atoms in total. The molecule has 60 valence electrons. The van der Waals surface area contributed by atoms with Gasteiger partial charge in [-0.2, -0.15) is 0 Å². The molecular formula is C7H13N4+. The van der Waals surface area contributed by atoms with Crippen LogP contribution in [0, 0.1) is 0 Å². The van der Waals surface area contributed by atoms with Crippen LogP contribution in [-0.4, -0.2) is 11.1 Å². The SMILES string of the molecule is CCN=Nc1n(C)cc[n+]1C. The zero-order valence-corrected chi connectivity index (χ0v) is 7.15. The Balaban J connectivity index is 2.92. The fourth-order valence-corrected chi connectivity index (χ4v) is 0.857. The number of aryl methyl sites for hydroxylation is 2. The topological polar surface area (TPSA) is 33.5 Å². The Labute approximate surface area is 66.2 Å². The van der Waals surface area contributed by atoms with Crippen molar-refractivity contribution in [3.63, 3.8) is 0 Å². The van der Waals surface area contributed by atoms with Gasteiger partial charge in [-0.25, -0.2) is 9.13 Å². The van der Waals surface area contributed by atoms with Crippen LogP contribution in [0.1, 0.15) is 6.92 Å². The van der Waals surface area contributed by atoms with Gasteiger partial charge in [0.1, 0.15) is 0 Å². The highest BCUT2D eigenvalue weighted by molar-refractivity contribution is 5.04. The Morgan fingerprint density at radius 3 is 2.82 bits per heavy atom. The van der Waals surface area contributed by atoms with Crippen molar-refractivity contribution in [2.24, 2.45) is 24.3 Å². The summed E-state index contributed by atoms with van der Waals surface area (Å²) in [5, 5.41) is 7.95. The fraction of sp³-hybridized carbons (Fsp3) is 0.571. The van der Waals surface area contributed by atoms with Crippen LogP contribution in [0.25, 0.3) is 0 Å². The van der Waals surface area contributed by atoms with E-state index in [0.29, 0.717) is 0 Å². The van der Waals surface area contributed by atoms with Crippen LogP contribution in [0.3, 0.4) is 0 Å². The van der Waals surface area contributed by atoms with Gasteiger partial charge < -0.3 is 0 Å². The van der Waals surface area contributed by atoms with Gasteiger partial charge in [0.15, 0.2) is 0 Å². The molecule has 0 saturated carbocycles. The van der Waals surface area contributed by atoms with Crippen LogP contribution in [0.2, 0.25) is 0 Å². The summed E-state index contributed by atoms with van der Waals surface area (Å²) >= 11 is 0. The van der Waals surface area contributed by atoms with Crippen molar-refractivity contribution < 1.29 is 4.57 Å². The second kappa shape index (κ2) is 3.27. The van der Waals surface area contributed by atoms with E-state index in [1.165, 1.54) is 0 Å². The van der Waals surface area contributed by atoms with Crippen molar-refractivity contribution >= 4 is 5.95 Å². The molecule has 1 rings (SSSR count). The first-order chi connectivity index (χ1) is 5.25. The third-order valence-corrected chi connectivity index (χ3v) is 1.45. The van der Waals surface area contributed by atoms with Gasteiger partial charge in [0.25, 0.3) is 0 Å². The number of hydrogen-bond acceptors (Lipinski definition) is 2. The van der Waals surface area contributed by atoms with Gasteiger partial charge in [0.2, 0.25) is 0 Å². The van der Waals surface area contributed by atoms with Gasteiger partial charge in [-0.05, 0) is 6.92 Å². The second-order valence-electron chi connectivity index (χ2n) is 2.38. The van der Waals surface area contributed by atoms with Crippen molar-refractivity contribution in [3.05, 3.63) is 12.4 Å². The number of aromatic nitrogens is 2. The van der Waals surface area contributed by atoms with E-state index in [4.69, 9.17) is 0 Å². The minimum atomic E-state index is 0.727. The minimum absolute atomic E-state index is 0.727. The second-order valence-corrected chi connectivity index (χ2v) is 2.38. The highest BCUT2D eigenvalue weighted by Crippen LogP contribution is 2.02. The molecule has 0 N–H and O–H groups in total. The van der Waals surface area contributed by atoms with Crippen molar-refractivity contribution in [1.82, 2.24) is 4.57 Å². The van der Waals surface area contributed by atoms with E-state index in [9.17, 15) is 0 Å². The number of hydrogen-bond donors (Lipinski definition) is 0. The van der Waals surface area contributed by atoms with E-state index < -0.39 is 0 Å². The van der Waals surface area contributed by atoms with Crippen molar-refractivity contribution in [1.29, 1.82) is 0 Å². The van der Waals surface area contributed by atoms with Crippen LogP contribution in [0.4, 0.5) is 5.95 Å². The quantitative estimate of drug-likeness (QED) is 0.448. The maximum absolute atomic E-state index is 4.03. The van der Waals surface area contributed by atoms with Crippen LogP contribution in [-0.2, 0) is 14.1 Å². The standard InChI is InChI=1S/C7H13N4/c1-4-8-9-7-10(2)5-6-11(7)3/h5-6H,4H2,1-3H3/q+1. The number of nitrogens with zero attached hydrogens (tertiary/aromatic N) is 4. The molecule has 0 atom stereocenters. The van der Waals surface area contributed by atoms with Crippen LogP contribution >= 0.6 is 0 Å². The number of imidazole rings is 1. The van der Waals surface area contributed by atoms with E-state index in [1.54, 1.807) is 0 Å². The van der Waals surface area contributed by atoms with Crippen LogP contribution in [0.5, 0.6) is 0 Å². The molecule has 0 bridgehead atoms. The van der Waals surface area contributed by atoms with Gasteiger partial charge in [-0.3, -0.25) is 0 Å². The monoisotopic (exact) mass is 153 g/mol. The highest BCUT2D eigenvalue weighted by Gasteiger charge is 2.08. The minimum Gasteiger partial charge on any atom is -0.233 e. The molecule has 0 aliphatic heterocycles. The molecule has 0 spiro atoms. The molecule has 0 saturated heterocycles. The van der Waals surface area contributed by atoms with Gasteiger partial charge in [-0.15, -0.1) is 5.11 Å². The lowest BCUT2D eigenvalue weighted by Gasteiger charge is -1.85. The molecular weight excluding hydrogens is 140 g/mol. The molecule has 4 heteroatoms. The Morgan fingerprint density at radius 1 is 1.64 bits per heavy atom. The maximum Gasteiger partial charge on any atom is 0.420 e. The Bertz CT molecular complexity index is 242. The molecule has 0 radical (unpaired) electrons. The predicted octanol–water partition coefficient (Wildman–Crippen LogP) is 0.953. The Hall–Kier alpha value is -1.19. The fourth-order valence-electron chi connectivity index (χ4n) is 0.857. The highest BCUT2D eigenvalue weighted by atomic mass is 15.3. The molecule has 0 fully saturated rings. The summed E-state index contributed by atoms with van der Waals surface area (Å²) in [6.07, 6.45) is 3.90. The molecule has 0 amide bonds. The third kappa shape index (κ3) is 1.63. The summed E-state index contributed by atoms with van der Waals surface area (Å²) in [7, 11) is 3.90. The van der Waals surface area contributed by atoms with E-state index in [1.807, 2.05) is 42.5 Å². The first kappa shape index (κ1) is 7.91. The number of azo groups is 1. The average Bonchev–Trinajstić information content (AvgIpc) is 2.29. The summed E-state index contributed by atoms with van der Waals surface area (Å²) in [6, 6.07) is 0. The predicted molar refractivity (Wildman–Crippen MR) is 41.6 cm³/mol. The molecule has 1 heterocycles. The lowest BCUT2D eigenvalue weighted by atomic mass is 10.8. The zero-order chi connectivity index (χ0) is 8.27. The number of rotatable bonds is 2. The molecule has 0 aliphatic rings. The third-order valence-electron chi connectivity index (χ3n) is 1.45. The van der Waals surface area contributed by atoms with E-state index in [2.05, 4.69) is 10.2 Å². The zero-order valence-electron chi connectivity index (χ0n) is 7.15. The largest absolute Gasteiger partial charge is 0.420 e. The van der Waals surface area contributed by atoms with Gasteiger partial charge in [0, 0.05) is 5.11 Å². The van der Waals surface area contributed by atoms with Gasteiger partial charge >= 0.3 is 5.95 Å². The Morgan fingerprint density at radius 2 is 2.36 bits per heavy atom.